The van der Waals surface area contributed by atoms with Crippen molar-refractivity contribution in [1.82, 2.24) is 5.32 Å². The lowest BCUT2D eigenvalue weighted by Crippen LogP contribution is -2.67. The van der Waals surface area contributed by atoms with Gasteiger partial charge in [-0.1, -0.05) is 46.8 Å². The van der Waals surface area contributed by atoms with Crippen molar-refractivity contribution in [3.05, 3.63) is 12.2 Å². The summed E-state index contributed by atoms with van der Waals surface area (Å²) in [5, 5.41) is 23.2. The molecular formula is C33H53NO4. The summed E-state index contributed by atoms with van der Waals surface area (Å²) in [7, 11) is 0. The Kier molecular flexibility index (Phi) is 6.73. The maximum absolute atomic E-state index is 13.9. The number of carbonyl (C=O) groups excluding carboxylic acids is 1. The van der Waals surface area contributed by atoms with Crippen molar-refractivity contribution in [2.75, 3.05) is 6.54 Å². The van der Waals surface area contributed by atoms with E-state index < -0.39 is 11.4 Å². The van der Waals surface area contributed by atoms with Crippen LogP contribution in [0, 0.1) is 56.7 Å². The lowest BCUT2D eigenvalue weighted by Gasteiger charge is -2.72. The largest absolute Gasteiger partial charge is 0.481 e. The van der Waals surface area contributed by atoms with Gasteiger partial charge < -0.3 is 15.5 Å². The van der Waals surface area contributed by atoms with Crippen molar-refractivity contribution in [1.29, 1.82) is 0 Å². The number of hydrogen-bond donors (Lipinski definition) is 3. The molecule has 0 aromatic rings. The number of nitrogens with one attached hydrogen (secondary N) is 1. The van der Waals surface area contributed by atoms with Crippen LogP contribution in [0.15, 0.2) is 12.2 Å². The molecule has 5 nitrogen and oxygen atoms in total. The number of fused-ring (bicyclic) bond motifs is 7. The van der Waals surface area contributed by atoms with E-state index in [9.17, 15) is 14.7 Å². The highest BCUT2D eigenvalue weighted by Crippen LogP contribution is 2.77. The van der Waals surface area contributed by atoms with Crippen LogP contribution in [0.25, 0.3) is 0 Å². The highest BCUT2D eigenvalue weighted by Gasteiger charge is 2.71. The van der Waals surface area contributed by atoms with Crippen LogP contribution in [0.2, 0.25) is 0 Å². The Morgan fingerprint density at radius 2 is 1.58 bits per heavy atom. The Hall–Kier alpha value is -1.36. The third kappa shape index (κ3) is 3.65. The minimum absolute atomic E-state index is 0.0257. The Balaban J connectivity index is 1.50. The van der Waals surface area contributed by atoms with E-state index in [1.807, 2.05) is 0 Å². The van der Waals surface area contributed by atoms with Crippen LogP contribution in [0.4, 0.5) is 0 Å². The lowest BCUT2D eigenvalue weighted by atomic mass is 9.32. The summed E-state index contributed by atoms with van der Waals surface area (Å²) < 4.78 is 0. The molecule has 0 bridgehead atoms. The molecule has 0 aromatic heterocycles. The number of carboxylic acid groups (broad SMARTS) is 1. The predicted molar refractivity (Wildman–Crippen MR) is 150 cm³/mol. The highest BCUT2D eigenvalue weighted by atomic mass is 16.4. The zero-order chi connectivity index (χ0) is 27.9. The quantitative estimate of drug-likeness (QED) is 0.352. The molecular weight excluding hydrogens is 474 g/mol. The average Bonchev–Trinajstić information content (AvgIpc) is 3.23. The molecule has 0 radical (unpaired) electrons. The van der Waals surface area contributed by atoms with E-state index in [1.165, 1.54) is 31.3 Å². The van der Waals surface area contributed by atoms with Crippen LogP contribution in [0.1, 0.15) is 112 Å². The molecule has 5 aliphatic carbocycles. The van der Waals surface area contributed by atoms with Crippen molar-refractivity contribution in [2.45, 2.75) is 118 Å². The minimum Gasteiger partial charge on any atom is -0.481 e. The van der Waals surface area contributed by atoms with Gasteiger partial charge in [0.2, 0.25) is 5.91 Å². The van der Waals surface area contributed by atoms with Gasteiger partial charge in [0.1, 0.15) is 0 Å². The fourth-order valence-corrected chi connectivity index (χ4v) is 12.0. The number of carbonyl (C=O) groups is 2. The molecule has 5 fully saturated rings. The number of aliphatic hydroxyl groups is 1. The zero-order valence-electron chi connectivity index (χ0n) is 24.9. The van der Waals surface area contributed by atoms with Crippen LogP contribution >= 0.6 is 0 Å². The summed E-state index contributed by atoms with van der Waals surface area (Å²) >= 11 is 0. The molecule has 3 N–H and O–H groups in total. The van der Waals surface area contributed by atoms with Gasteiger partial charge >= 0.3 is 5.97 Å². The maximum Gasteiger partial charge on any atom is 0.305 e. The van der Waals surface area contributed by atoms with E-state index in [2.05, 4.69) is 53.4 Å². The molecule has 5 heteroatoms. The summed E-state index contributed by atoms with van der Waals surface area (Å²) in [6.45, 7) is 19.2. The molecule has 0 saturated heterocycles. The van der Waals surface area contributed by atoms with Gasteiger partial charge in [0.05, 0.1) is 17.9 Å². The van der Waals surface area contributed by atoms with Crippen molar-refractivity contribution >= 4 is 11.9 Å². The second-order valence-corrected chi connectivity index (χ2v) is 15.6. The normalized spacial score (nSPS) is 49.1. The van der Waals surface area contributed by atoms with Gasteiger partial charge in [-0.3, -0.25) is 9.59 Å². The number of amides is 1. The van der Waals surface area contributed by atoms with Crippen molar-refractivity contribution in [2.24, 2.45) is 56.7 Å². The smallest absolute Gasteiger partial charge is 0.305 e. The van der Waals surface area contributed by atoms with E-state index in [-0.39, 0.29) is 52.6 Å². The average molecular weight is 528 g/mol. The monoisotopic (exact) mass is 527 g/mol. The van der Waals surface area contributed by atoms with E-state index in [1.54, 1.807) is 0 Å². The van der Waals surface area contributed by atoms with Crippen molar-refractivity contribution in [3.8, 4) is 0 Å². The minimum atomic E-state index is -0.865. The Morgan fingerprint density at radius 3 is 2.24 bits per heavy atom. The molecule has 38 heavy (non-hydrogen) atoms. The molecule has 5 rings (SSSR count). The maximum atomic E-state index is 13.9. The van der Waals surface area contributed by atoms with Gasteiger partial charge in [0.25, 0.3) is 0 Å². The van der Waals surface area contributed by atoms with Crippen LogP contribution in [0.5, 0.6) is 0 Å². The van der Waals surface area contributed by atoms with Gasteiger partial charge in [-0.05, 0) is 122 Å². The molecule has 0 heterocycles. The fraction of sp³-hybridized carbons (Fsp3) is 0.879. The first kappa shape index (κ1) is 28.2. The van der Waals surface area contributed by atoms with Gasteiger partial charge in [0.15, 0.2) is 0 Å². The van der Waals surface area contributed by atoms with Crippen LogP contribution < -0.4 is 5.32 Å². The number of carboxylic acids is 1. The second-order valence-electron chi connectivity index (χ2n) is 15.6. The van der Waals surface area contributed by atoms with E-state index in [4.69, 9.17) is 5.11 Å². The lowest BCUT2D eigenvalue weighted by molar-refractivity contribution is -0.246. The summed E-state index contributed by atoms with van der Waals surface area (Å²) in [5.41, 5.74) is 1.40. The van der Waals surface area contributed by atoms with Crippen LogP contribution in [-0.4, -0.2) is 34.7 Å². The van der Waals surface area contributed by atoms with E-state index >= 15 is 0 Å². The Morgan fingerprint density at radius 1 is 0.868 bits per heavy atom. The number of allylic oxidation sites excluding steroid dienone is 1. The van der Waals surface area contributed by atoms with Gasteiger partial charge in [-0.25, -0.2) is 0 Å². The number of hydrogen-bond acceptors (Lipinski definition) is 3. The zero-order valence-corrected chi connectivity index (χ0v) is 24.9. The molecule has 0 spiro atoms. The fourth-order valence-electron chi connectivity index (χ4n) is 12.0. The topological polar surface area (TPSA) is 86.6 Å². The molecule has 0 aromatic carbocycles. The van der Waals surface area contributed by atoms with Crippen LogP contribution in [0.3, 0.4) is 0 Å². The van der Waals surface area contributed by atoms with Crippen molar-refractivity contribution in [3.63, 3.8) is 0 Å². The summed E-state index contributed by atoms with van der Waals surface area (Å²) in [5.74, 6) is 1.56. The molecule has 0 unspecified atom stereocenters. The van der Waals surface area contributed by atoms with Gasteiger partial charge in [-0.15, -0.1) is 0 Å². The number of rotatable bonds is 5. The number of aliphatic carboxylic acids is 1. The Bertz CT molecular complexity index is 1000. The number of aliphatic hydroxyl groups excluding tert-OH is 1. The highest BCUT2D eigenvalue weighted by molar-refractivity contribution is 5.84. The molecule has 5 saturated carbocycles. The van der Waals surface area contributed by atoms with Crippen molar-refractivity contribution < 1.29 is 19.8 Å². The first-order valence-electron chi connectivity index (χ1n) is 15.5. The first-order valence-corrected chi connectivity index (χ1v) is 15.5. The Labute approximate surface area is 230 Å². The third-order valence-electron chi connectivity index (χ3n) is 14.1. The molecule has 5 aliphatic rings. The van der Waals surface area contributed by atoms with Gasteiger partial charge in [-0.2, -0.15) is 0 Å². The summed E-state index contributed by atoms with van der Waals surface area (Å²) in [6, 6.07) is 0. The first-order chi connectivity index (χ1) is 17.6. The van der Waals surface area contributed by atoms with Gasteiger partial charge in [0, 0.05) is 6.54 Å². The standard InChI is InChI=1S/C33H53NO4/c1-20(2)21-10-16-33(28(38)34-19-13-26(36)37)18-17-31(6)22(27(21)33)8-9-24-30(5)14-12-25(35)29(3,4)23(30)11-15-32(24,31)7/h21-25,27,35H,1,8-19H2,2-7H3,(H,34,38)(H,36,37)/t21-,22+,23-,24+,25-,27+,30-,31+,32+,33-/m0/s1. The predicted octanol–water partition coefficient (Wildman–Crippen LogP) is 6.60. The summed E-state index contributed by atoms with van der Waals surface area (Å²) in [6.07, 6.45) is 10.5. The molecule has 1 amide bonds. The second kappa shape index (κ2) is 9.08. The third-order valence-corrected chi connectivity index (χ3v) is 14.1. The SMILES string of the molecule is C=C(C)[C@@H]1CC[C@]2(C(=O)NCCC(=O)O)CC[C@]3(C)[C@H](CC[C@@H]4[C@@]5(C)CC[C@H](O)C(C)(C)[C@@H]5CC[C@]43C)[C@@H]12. The molecule has 0 aliphatic heterocycles. The molecule has 214 valence electrons. The summed E-state index contributed by atoms with van der Waals surface area (Å²) in [4.78, 5) is 25.0. The van der Waals surface area contributed by atoms with E-state index in [0.717, 1.165) is 38.5 Å². The molecule has 10 atom stereocenters. The van der Waals surface area contributed by atoms with Crippen LogP contribution in [-0.2, 0) is 9.59 Å². The van der Waals surface area contributed by atoms with E-state index in [0.29, 0.717) is 23.7 Å².